The number of hydrogen-bond acceptors (Lipinski definition) is 2. The summed E-state index contributed by atoms with van der Waals surface area (Å²) in [5.74, 6) is -1.51. The predicted molar refractivity (Wildman–Crippen MR) is 57.3 cm³/mol. The first-order chi connectivity index (χ1) is 6.61. The second-order valence-electron chi connectivity index (χ2n) is 2.74. The molecule has 1 rings (SSSR count). The summed E-state index contributed by atoms with van der Waals surface area (Å²) in [4.78, 5) is 0. The molecular weight excluding hydrogens is 224 g/mol. The fourth-order valence-electron chi connectivity index (χ4n) is 1.13. The SMILES string of the molecule is C=C[C@@H](N)c1c(F)ccc(OC)c1F.Cl. The van der Waals surface area contributed by atoms with Crippen molar-refractivity contribution in [1.29, 1.82) is 0 Å². The Labute approximate surface area is 93.1 Å². The minimum absolute atomic E-state index is 0. The van der Waals surface area contributed by atoms with E-state index in [2.05, 4.69) is 6.58 Å². The molecule has 0 aliphatic heterocycles. The van der Waals surface area contributed by atoms with Crippen molar-refractivity contribution >= 4 is 12.4 Å². The molecule has 0 saturated heterocycles. The molecule has 0 amide bonds. The molecule has 84 valence electrons. The number of ether oxygens (including phenoxy) is 1. The van der Waals surface area contributed by atoms with Crippen molar-refractivity contribution in [2.75, 3.05) is 7.11 Å². The van der Waals surface area contributed by atoms with Crippen LogP contribution in [0.25, 0.3) is 0 Å². The molecule has 0 spiro atoms. The lowest BCUT2D eigenvalue weighted by Crippen LogP contribution is -2.12. The standard InChI is InChI=1S/C10H11F2NO.ClH/c1-3-7(13)9-6(11)4-5-8(14-2)10(9)12;/h3-5,7H,1,13H2,2H3;1H/t7-;/m1./s1. The van der Waals surface area contributed by atoms with Gasteiger partial charge in [0.05, 0.1) is 13.2 Å². The Morgan fingerprint density at radius 3 is 2.53 bits per heavy atom. The molecule has 0 heterocycles. The lowest BCUT2D eigenvalue weighted by Gasteiger charge is -2.11. The molecule has 15 heavy (non-hydrogen) atoms. The first kappa shape index (κ1) is 13.9. The van der Waals surface area contributed by atoms with Crippen LogP contribution in [0.3, 0.4) is 0 Å². The summed E-state index contributed by atoms with van der Waals surface area (Å²) in [5.41, 5.74) is 5.24. The Morgan fingerprint density at radius 1 is 1.47 bits per heavy atom. The van der Waals surface area contributed by atoms with E-state index in [0.29, 0.717) is 0 Å². The number of nitrogens with two attached hydrogens (primary N) is 1. The van der Waals surface area contributed by atoms with Gasteiger partial charge in [0, 0.05) is 5.56 Å². The maximum Gasteiger partial charge on any atom is 0.173 e. The highest BCUT2D eigenvalue weighted by Gasteiger charge is 2.17. The van der Waals surface area contributed by atoms with Crippen LogP contribution >= 0.6 is 12.4 Å². The maximum absolute atomic E-state index is 13.5. The van der Waals surface area contributed by atoms with E-state index < -0.39 is 17.7 Å². The summed E-state index contributed by atoms with van der Waals surface area (Å²) >= 11 is 0. The van der Waals surface area contributed by atoms with Crippen molar-refractivity contribution < 1.29 is 13.5 Å². The lowest BCUT2D eigenvalue weighted by molar-refractivity contribution is 0.379. The molecule has 1 aromatic carbocycles. The van der Waals surface area contributed by atoms with Gasteiger partial charge in [0.1, 0.15) is 5.82 Å². The summed E-state index contributed by atoms with van der Waals surface area (Å²) in [6.45, 7) is 3.38. The monoisotopic (exact) mass is 235 g/mol. The van der Waals surface area contributed by atoms with E-state index in [-0.39, 0.29) is 23.7 Å². The van der Waals surface area contributed by atoms with E-state index in [4.69, 9.17) is 10.5 Å². The van der Waals surface area contributed by atoms with Gasteiger partial charge in [-0.3, -0.25) is 0 Å². The average Bonchev–Trinajstić information content (AvgIpc) is 2.18. The van der Waals surface area contributed by atoms with Gasteiger partial charge in [-0.25, -0.2) is 8.78 Å². The fourth-order valence-corrected chi connectivity index (χ4v) is 1.13. The van der Waals surface area contributed by atoms with Crippen LogP contribution in [0.1, 0.15) is 11.6 Å². The molecular formula is C10H12ClF2NO. The molecule has 5 heteroatoms. The highest BCUT2D eigenvalue weighted by atomic mass is 35.5. The van der Waals surface area contributed by atoms with Crippen LogP contribution < -0.4 is 10.5 Å². The van der Waals surface area contributed by atoms with Crippen molar-refractivity contribution in [3.8, 4) is 5.75 Å². The van der Waals surface area contributed by atoms with Gasteiger partial charge in [-0.1, -0.05) is 6.08 Å². The van der Waals surface area contributed by atoms with E-state index >= 15 is 0 Å². The lowest BCUT2D eigenvalue weighted by atomic mass is 10.1. The summed E-state index contributed by atoms with van der Waals surface area (Å²) in [5, 5.41) is 0. The Morgan fingerprint density at radius 2 is 2.07 bits per heavy atom. The minimum atomic E-state index is -0.870. The first-order valence-electron chi connectivity index (χ1n) is 4.01. The molecule has 1 aromatic rings. The normalized spacial score (nSPS) is 11.5. The Bertz CT molecular complexity index is 358. The molecule has 2 N–H and O–H groups in total. The molecule has 2 nitrogen and oxygen atoms in total. The summed E-state index contributed by atoms with van der Waals surface area (Å²) < 4.78 is 31.4. The molecule has 0 bridgehead atoms. The Hall–Kier alpha value is -1.13. The number of methoxy groups -OCH3 is 1. The zero-order valence-electron chi connectivity index (χ0n) is 8.17. The van der Waals surface area contributed by atoms with Gasteiger partial charge in [-0.2, -0.15) is 0 Å². The zero-order chi connectivity index (χ0) is 10.7. The van der Waals surface area contributed by atoms with Crippen molar-refractivity contribution in [2.24, 2.45) is 5.73 Å². The molecule has 1 atom stereocenters. The molecule has 0 radical (unpaired) electrons. The second-order valence-corrected chi connectivity index (χ2v) is 2.74. The van der Waals surface area contributed by atoms with E-state index in [1.165, 1.54) is 19.3 Å². The predicted octanol–water partition coefficient (Wildman–Crippen LogP) is 2.58. The van der Waals surface area contributed by atoms with Crippen LogP contribution in [0.5, 0.6) is 5.75 Å². The molecule has 0 fully saturated rings. The van der Waals surface area contributed by atoms with Gasteiger partial charge in [0.2, 0.25) is 0 Å². The van der Waals surface area contributed by atoms with Gasteiger partial charge in [0.15, 0.2) is 11.6 Å². The highest BCUT2D eigenvalue weighted by Crippen LogP contribution is 2.27. The number of benzene rings is 1. The quantitative estimate of drug-likeness (QED) is 0.818. The fraction of sp³-hybridized carbons (Fsp3) is 0.200. The zero-order valence-corrected chi connectivity index (χ0v) is 8.98. The summed E-state index contributed by atoms with van der Waals surface area (Å²) in [7, 11) is 1.31. The van der Waals surface area contributed by atoms with Gasteiger partial charge in [-0.15, -0.1) is 19.0 Å². The van der Waals surface area contributed by atoms with Crippen LogP contribution in [0, 0.1) is 11.6 Å². The van der Waals surface area contributed by atoms with Gasteiger partial charge < -0.3 is 10.5 Å². The van der Waals surface area contributed by atoms with Crippen LogP contribution in [0.15, 0.2) is 24.8 Å². The number of rotatable bonds is 3. The van der Waals surface area contributed by atoms with E-state index in [1.807, 2.05) is 0 Å². The van der Waals surface area contributed by atoms with E-state index in [0.717, 1.165) is 6.07 Å². The third-order valence-electron chi connectivity index (χ3n) is 1.90. The van der Waals surface area contributed by atoms with Crippen LogP contribution in [0.2, 0.25) is 0 Å². The second kappa shape index (κ2) is 5.68. The van der Waals surface area contributed by atoms with Crippen molar-refractivity contribution in [2.45, 2.75) is 6.04 Å². The smallest absolute Gasteiger partial charge is 0.173 e. The van der Waals surface area contributed by atoms with Crippen LogP contribution in [0.4, 0.5) is 8.78 Å². The maximum atomic E-state index is 13.5. The first-order valence-corrected chi connectivity index (χ1v) is 4.01. The molecule has 0 saturated carbocycles. The van der Waals surface area contributed by atoms with Crippen molar-refractivity contribution in [1.82, 2.24) is 0 Å². The topological polar surface area (TPSA) is 35.2 Å². The van der Waals surface area contributed by atoms with Crippen molar-refractivity contribution in [3.05, 3.63) is 42.0 Å². The third-order valence-corrected chi connectivity index (χ3v) is 1.90. The van der Waals surface area contributed by atoms with Gasteiger partial charge in [0.25, 0.3) is 0 Å². The van der Waals surface area contributed by atoms with Gasteiger partial charge >= 0.3 is 0 Å². The summed E-state index contributed by atoms with van der Waals surface area (Å²) in [6.07, 6.45) is 1.26. The Kier molecular flexibility index (Phi) is 5.25. The number of halogens is 3. The van der Waals surface area contributed by atoms with Crippen LogP contribution in [-0.4, -0.2) is 7.11 Å². The van der Waals surface area contributed by atoms with E-state index in [9.17, 15) is 8.78 Å². The summed E-state index contributed by atoms with van der Waals surface area (Å²) in [6, 6.07) is 1.45. The third kappa shape index (κ3) is 2.67. The van der Waals surface area contributed by atoms with Crippen molar-refractivity contribution in [3.63, 3.8) is 0 Å². The van der Waals surface area contributed by atoms with Gasteiger partial charge in [-0.05, 0) is 12.1 Å². The van der Waals surface area contributed by atoms with Crippen LogP contribution in [-0.2, 0) is 0 Å². The molecule has 0 aromatic heterocycles. The highest BCUT2D eigenvalue weighted by molar-refractivity contribution is 5.85. The Balaban J connectivity index is 0.00000196. The minimum Gasteiger partial charge on any atom is -0.494 e. The molecule has 0 unspecified atom stereocenters. The molecule has 0 aliphatic rings. The number of hydrogen-bond donors (Lipinski definition) is 1. The largest absolute Gasteiger partial charge is 0.494 e. The average molecular weight is 236 g/mol. The molecule has 0 aliphatic carbocycles. The van der Waals surface area contributed by atoms with E-state index in [1.54, 1.807) is 0 Å².